The third kappa shape index (κ3) is 4.46. The Morgan fingerprint density at radius 3 is 2.57 bits per heavy atom. The summed E-state index contributed by atoms with van der Waals surface area (Å²) in [6, 6.07) is 14.6. The summed E-state index contributed by atoms with van der Waals surface area (Å²) in [6.45, 7) is 3.18. The van der Waals surface area contributed by atoms with Gasteiger partial charge in [-0.3, -0.25) is 9.59 Å². The minimum absolute atomic E-state index is 0.0955. The molecular weight excluding hydrogens is 378 g/mol. The molecule has 0 atom stereocenters. The Kier molecular flexibility index (Phi) is 6.29. The number of likely N-dealkylation sites (tertiary alicyclic amines) is 1. The number of benzene rings is 2. The van der Waals surface area contributed by atoms with Crippen LogP contribution in [0, 0.1) is 0 Å². The van der Waals surface area contributed by atoms with Crippen molar-refractivity contribution in [3.8, 4) is 11.5 Å². The predicted molar refractivity (Wildman–Crippen MR) is 119 cm³/mol. The van der Waals surface area contributed by atoms with Gasteiger partial charge in [-0.05, 0) is 55.7 Å². The van der Waals surface area contributed by atoms with Gasteiger partial charge in [0.25, 0.3) is 0 Å². The Morgan fingerprint density at radius 2 is 1.77 bits per heavy atom. The Hall–Kier alpha value is -2.92. The monoisotopic (exact) mass is 405 g/mol. The van der Waals surface area contributed by atoms with Gasteiger partial charge in [-0.15, -0.1) is 0 Å². The minimum atomic E-state index is -0.263. The van der Waals surface area contributed by atoms with E-state index in [1.165, 1.54) is 26.4 Å². The molecule has 1 heterocycles. The topological polar surface area (TPSA) is 55.8 Å². The van der Waals surface area contributed by atoms with Crippen molar-refractivity contribution in [1.29, 1.82) is 0 Å². The zero-order valence-electron chi connectivity index (χ0n) is 17.4. The minimum Gasteiger partial charge on any atom is -0.496 e. The van der Waals surface area contributed by atoms with E-state index in [0.717, 1.165) is 31.4 Å². The maximum absolute atomic E-state index is 13.1. The standard InChI is InChI=1S/C25H27NO4/c1-29-22-17-20(30-23(27)10-7-15-26-13-5-2-6-14-26)16-19-12-11-18-8-3-4-9-21(18)25(28)24(19)22/h3-4,8-9,11-12,16-17H,2,5-7,10,13-15H2,1H3. The van der Waals surface area contributed by atoms with Crippen LogP contribution in [0.4, 0.5) is 0 Å². The largest absolute Gasteiger partial charge is 0.496 e. The normalized spacial score (nSPS) is 14.7. The zero-order chi connectivity index (χ0) is 20.9. The molecule has 0 aliphatic carbocycles. The first-order valence-corrected chi connectivity index (χ1v) is 10.6. The van der Waals surface area contributed by atoms with Crippen molar-refractivity contribution in [3.05, 3.63) is 58.8 Å². The molecule has 0 bridgehead atoms. The first-order valence-electron chi connectivity index (χ1n) is 10.6. The average Bonchev–Trinajstić information content (AvgIpc) is 2.91. The summed E-state index contributed by atoms with van der Waals surface area (Å²) in [5.74, 6) is 0.549. The molecule has 3 aromatic rings. The molecule has 0 spiro atoms. The summed E-state index contributed by atoms with van der Waals surface area (Å²) < 4.78 is 11.1. The summed E-state index contributed by atoms with van der Waals surface area (Å²) in [5.41, 5.74) is -0.0955. The van der Waals surface area contributed by atoms with Crippen LogP contribution in [-0.2, 0) is 4.79 Å². The average molecular weight is 405 g/mol. The van der Waals surface area contributed by atoms with Gasteiger partial charge in [0.15, 0.2) is 5.43 Å². The van der Waals surface area contributed by atoms with E-state index in [0.29, 0.717) is 34.1 Å². The molecule has 1 saturated heterocycles. The second-order valence-electron chi connectivity index (χ2n) is 7.82. The van der Waals surface area contributed by atoms with E-state index in [-0.39, 0.29) is 11.4 Å². The molecule has 30 heavy (non-hydrogen) atoms. The fraction of sp³-hybridized carbons (Fsp3) is 0.360. The van der Waals surface area contributed by atoms with Gasteiger partial charge in [0, 0.05) is 17.9 Å². The molecule has 0 unspecified atom stereocenters. The predicted octanol–water partition coefficient (Wildman–Crippen LogP) is 4.53. The van der Waals surface area contributed by atoms with Crippen molar-refractivity contribution in [2.45, 2.75) is 32.1 Å². The number of rotatable bonds is 6. The first-order chi connectivity index (χ1) is 14.7. The molecule has 4 rings (SSSR count). The van der Waals surface area contributed by atoms with Gasteiger partial charge in [-0.25, -0.2) is 0 Å². The Bertz CT molecular complexity index is 1120. The summed E-state index contributed by atoms with van der Waals surface area (Å²) in [6.07, 6.45) is 4.95. The Labute approximate surface area is 176 Å². The highest BCUT2D eigenvalue weighted by molar-refractivity contribution is 5.97. The smallest absolute Gasteiger partial charge is 0.311 e. The van der Waals surface area contributed by atoms with E-state index in [1.54, 1.807) is 12.1 Å². The second-order valence-corrected chi connectivity index (χ2v) is 7.82. The third-order valence-corrected chi connectivity index (χ3v) is 5.74. The highest BCUT2D eigenvalue weighted by atomic mass is 16.5. The maximum atomic E-state index is 13.1. The van der Waals surface area contributed by atoms with Crippen LogP contribution in [0.25, 0.3) is 21.5 Å². The van der Waals surface area contributed by atoms with Crippen LogP contribution in [0.5, 0.6) is 11.5 Å². The Balaban J connectivity index is 1.55. The van der Waals surface area contributed by atoms with E-state index in [4.69, 9.17) is 9.47 Å². The van der Waals surface area contributed by atoms with Crippen molar-refractivity contribution < 1.29 is 14.3 Å². The number of hydrogen-bond donors (Lipinski definition) is 0. The molecule has 0 aromatic heterocycles. The van der Waals surface area contributed by atoms with Gasteiger partial charge < -0.3 is 14.4 Å². The number of fused-ring (bicyclic) bond motifs is 2. The molecule has 0 amide bonds. The van der Waals surface area contributed by atoms with E-state index in [9.17, 15) is 9.59 Å². The number of carbonyl (C=O) groups excluding carboxylic acids is 1. The van der Waals surface area contributed by atoms with E-state index >= 15 is 0 Å². The molecule has 1 aliphatic rings. The highest BCUT2D eigenvalue weighted by Gasteiger charge is 2.14. The molecular formula is C25H27NO4. The lowest BCUT2D eigenvalue weighted by atomic mass is 10.1. The lowest BCUT2D eigenvalue weighted by Gasteiger charge is -2.26. The van der Waals surface area contributed by atoms with Crippen LogP contribution < -0.4 is 14.9 Å². The van der Waals surface area contributed by atoms with E-state index < -0.39 is 0 Å². The molecule has 3 aromatic carbocycles. The summed E-state index contributed by atoms with van der Waals surface area (Å²) in [4.78, 5) is 27.9. The van der Waals surface area contributed by atoms with Crippen molar-refractivity contribution in [2.24, 2.45) is 0 Å². The van der Waals surface area contributed by atoms with Crippen LogP contribution in [0.1, 0.15) is 32.1 Å². The van der Waals surface area contributed by atoms with Crippen molar-refractivity contribution in [2.75, 3.05) is 26.7 Å². The number of methoxy groups -OCH3 is 1. The molecule has 156 valence electrons. The first kappa shape index (κ1) is 20.4. The molecule has 5 heteroatoms. The number of carbonyl (C=O) groups is 1. The van der Waals surface area contributed by atoms with Crippen LogP contribution >= 0.6 is 0 Å². The summed E-state index contributed by atoms with van der Waals surface area (Å²) in [5, 5.41) is 2.67. The quantitative estimate of drug-likeness (QED) is 0.445. The molecule has 5 nitrogen and oxygen atoms in total. The number of ether oxygens (including phenoxy) is 2. The van der Waals surface area contributed by atoms with Crippen LogP contribution in [0.15, 0.2) is 53.3 Å². The lowest BCUT2D eigenvalue weighted by molar-refractivity contribution is -0.134. The van der Waals surface area contributed by atoms with Crippen molar-refractivity contribution in [1.82, 2.24) is 4.90 Å². The Morgan fingerprint density at radius 1 is 1.00 bits per heavy atom. The lowest BCUT2D eigenvalue weighted by Crippen LogP contribution is -2.31. The molecule has 1 aliphatic heterocycles. The van der Waals surface area contributed by atoms with Crippen LogP contribution in [-0.4, -0.2) is 37.6 Å². The number of nitrogens with zero attached hydrogens (tertiary/aromatic N) is 1. The van der Waals surface area contributed by atoms with Crippen molar-refractivity contribution in [3.63, 3.8) is 0 Å². The fourth-order valence-electron chi connectivity index (χ4n) is 4.18. The zero-order valence-corrected chi connectivity index (χ0v) is 17.4. The molecule has 0 saturated carbocycles. The highest BCUT2D eigenvalue weighted by Crippen LogP contribution is 2.30. The van der Waals surface area contributed by atoms with Gasteiger partial charge in [0.1, 0.15) is 11.5 Å². The second kappa shape index (κ2) is 9.26. The SMILES string of the molecule is COc1cc(OC(=O)CCCN2CCCCC2)cc2ccc3ccccc3c(=O)c12. The maximum Gasteiger partial charge on any atom is 0.311 e. The molecule has 0 N–H and O–H groups in total. The van der Waals surface area contributed by atoms with Gasteiger partial charge in [0.05, 0.1) is 12.5 Å². The van der Waals surface area contributed by atoms with Gasteiger partial charge in [-0.1, -0.05) is 42.8 Å². The molecule has 0 radical (unpaired) electrons. The number of hydrogen-bond acceptors (Lipinski definition) is 5. The van der Waals surface area contributed by atoms with Gasteiger partial charge in [-0.2, -0.15) is 0 Å². The summed E-state index contributed by atoms with van der Waals surface area (Å²) in [7, 11) is 1.52. The van der Waals surface area contributed by atoms with Crippen molar-refractivity contribution >= 4 is 27.5 Å². The fourth-order valence-corrected chi connectivity index (χ4v) is 4.18. The van der Waals surface area contributed by atoms with Crippen LogP contribution in [0.3, 0.4) is 0 Å². The van der Waals surface area contributed by atoms with Gasteiger partial charge in [0.2, 0.25) is 0 Å². The number of esters is 1. The number of piperidine rings is 1. The van der Waals surface area contributed by atoms with E-state index in [1.807, 2.05) is 36.4 Å². The van der Waals surface area contributed by atoms with Crippen LogP contribution in [0.2, 0.25) is 0 Å². The third-order valence-electron chi connectivity index (χ3n) is 5.74. The van der Waals surface area contributed by atoms with Gasteiger partial charge >= 0.3 is 5.97 Å². The molecule has 1 fully saturated rings. The van der Waals surface area contributed by atoms with E-state index in [2.05, 4.69) is 4.90 Å². The summed E-state index contributed by atoms with van der Waals surface area (Å²) >= 11 is 0.